The summed E-state index contributed by atoms with van der Waals surface area (Å²) in [6.07, 6.45) is -1.17. The number of aliphatic hydroxyl groups excluding tert-OH is 1. The van der Waals surface area contributed by atoms with Crippen LogP contribution in [-0.4, -0.2) is 49.4 Å². The molecule has 1 saturated heterocycles. The Hall–Kier alpha value is -3.93. The van der Waals surface area contributed by atoms with Gasteiger partial charge in [-0.2, -0.15) is 4.98 Å². The lowest BCUT2D eigenvalue weighted by atomic mass is 10.1. The van der Waals surface area contributed by atoms with Crippen LogP contribution in [-0.2, 0) is 42.6 Å². The molecule has 0 bridgehead atoms. The highest BCUT2D eigenvalue weighted by atomic mass is 31.2. The molecule has 1 aliphatic heterocycles. The van der Waals surface area contributed by atoms with Gasteiger partial charge in [-0.1, -0.05) is 0 Å². The maximum absolute atomic E-state index is 13.3. The lowest BCUT2D eigenvalue weighted by Crippen LogP contribution is -2.33. The first kappa shape index (κ1) is 28.1. The number of anilines is 1. The van der Waals surface area contributed by atoms with E-state index in [-0.39, 0.29) is 30.3 Å². The van der Waals surface area contributed by atoms with Gasteiger partial charge in [0.25, 0.3) is 0 Å². The first-order valence-corrected chi connectivity index (χ1v) is 12.6. The smallest absolute Gasteiger partial charge is 0.403 e. The Balaban J connectivity index is 1.39. The molecule has 0 aliphatic carbocycles. The number of nitrogens with zero attached hydrogens (tertiary/aromatic N) is 4. The van der Waals surface area contributed by atoms with Crippen molar-refractivity contribution >= 4 is 25.4 Å². The van der Waals surface area contributed by atoms with E-state index < -0.39 is 73.3 Å². The van der Waals surface area contributed by atoms with Crippen LogP contribution < -0.4 is 11.4 Å². The third kappa shape index (κ3) is 7.34. The van der Waals surface area contributed by atoms with Gasteiger partial charge in [-0.05, 0) is 18.2 Å². The lowest BCUT2D eigenvalue weighted by molar-refractivity contribution is -0.402. The fourth-order valence-corrected chi connectivity index (χ4v) is 4.66. The van der Waals surface area contributed by atoms with Gasteiger partial charge in [-0.15, -0.1) is 0 Å². The molecule has 3 aromatic rings. The van der Waals surface area contributed by atoms with Crippen molar-refractivity contribution in [3.8, 4) is 0 Å². The molecule has 1 aliphatic rings. The van der Waals surface area contributed by atoms with Crippen molar-refractivity contribution in [2.75, 3.05) is 12.3 Å². The van der Waals surface area contributed by atoms with Crippen LogP contribution in [0.25, 0.3) is 0 Å². The molecule has 18 nitrogen and oxygen atoms in total. The predicted molar refractivity (Wildman–Crippen MR) is 126 cm³/mol. The molecule has 39 heavy (non-hydrogen) atoms. The zero-order valence-electron chi connectivity index (χ0n) is 19.9. The van der Waals surface area contributed by atoms with Crippen molar-refractivity contribution < 1.29 is 46.7 Å². The molecule has 0 radical (unpaired) electrons. The van der Waals surface area contributed by atoms with Gasteiger partial charge in [0.2, 0.25) is 0 Å². The second-order valence-corrected chi connectivity index (χ2v) is 9.84. The van der Waals surface area contributed by atoms with E-state index in [4.69, 9.17) is 32.9 Å². The molecule has 4 heterocycles. The molecule has 0 spiro atoms. The molecule has 0 amide bonds. The van der Waals surface area contributed by atoms with Gasteiger partial charge >= 0.3 is 25.3 Å². The van der Waals surface area contributed by atoms with Gasteiger partial charge in [-0.3, -0.25) is 38.4 Å². The molecule has 0 aromatic carbocycles. The second-order valence-electron chi connectivity index (χ2n) is 8.17. The van der Waals surface area contributed by atoms with Crippen LogP contribution in [0.5, 0.6) is 0 Å². The summed E-state index contributed by atoms with van der Waals surface area (Å²) in [5, 5.41) is 32.0. The molecule has 3 N–H and O–H groups in total. The van der Waals surface area contributed by atoms with Crippen LogP contribution in [0.4, 0.5) is 17.6 Å². The third-order valence-electron chi connectivity index (χ3n) is 5.38. The minimum atomic E-state index is -4.45. The minimum absolute atomic E-state index is 0.0387. The number of nitrogens with two attached hydrogens (primary N) is 1. The highest BCUT2D eigenvalue weighted by molar-refractivity contribution is 7.48. The number of aromatic nitrogens is 2. The topological polar surface area (TPSA) is 248 Å². The van der Waals surface area contributed by atoms with E-state index in [0.717, 1.165) is 12.1 Å². The Morgan fingerprint density at radius 3 is 2.15 bits per heavy atom. The second kappa shape index (κ2) is 11.9. The highest BCUT2D eigenvalue weighted by Crippen LogP contribution is 2.51. The maximum Gasteiger partial charge on any atom is 0.475 e. The van der Waals surface area contributed by atoms with E-state index in [9.17, 15) is 34.7 Å². The normalized spacial score (nSPS) is 19.4. The molecular formula is C20H22N5O13P. The molecule has 1 fully saturated rings. The fourth-order valence-electron chi connectivity index (χ4n) is 3.52. The zero-order chi connectivity index (χ0) is 28.2. The number of phosphoric acid groups is 1. The molecule has 210 valence electrons. The van der Waals surface area contributed by atoms with E-state index in [2.05, 4.69) is 4.98 Å². The molecule has 4 rings (SSSR count). The van der Waals surface area contributed by atoms with Gasteiger partial charge in [0.1, 0.15) is 46.5 Å². The van der Waals surface area contributed by atoms with Crippen LogP contribution in [0.1, 0.15) is 17.9 Å². The number of hydrogen-bond donors (Lipinski definition) is 2. The van der Waals surface area contributed by atoms with Crippen molar-refractivity contribution in [2.45, 2.75) is 44.5 Å². The summed E-state index contributed by atoms with van der Waals surface area (Å²) < 4.78 is 46.1. The van der Waals surface area contributed by atoms with Gasteiger partial charge in [0.15, 0.2) is 0 Å². The summed E-state index contributed by atoms with van der Waals surface area (Å²) in [4.78, 5) is 35.7. The van der Waals surface area contributed by atoms with Crippen molar-refractivity contribution in [3.05, 3.63) is 78.8 Å². The third-order valence-corrected chi connectivity index (χ3v) is 6.73. The molecule has 19 heteroatoms. The van der Waals surface area contributed by atoms with Crippen LogP contribution in [0.2, 0.25) is 0 Å². The summed E-state index contributed by atoms with van der Waals surface area (Å²) >= 11 is 0. The van der Waals surface area contributed by atoms with E-state index >= 15 is 0 Å². The predicted octanol–water partition coefficient (Wildman–Crippen LogP) is 1.90. The van der Waals surface area contributed by atoms with Crippen LogP contribution >= 0.6 is 7.82 Å². The Kier molecular flexibility index (Phi) is 8.54. The number of phosphoric ester groups is 1. The van der Waals surface area contributed by atoms with E-state index in [0.29, 0.717) is 0 Å². The summed E-state index contributed by atoms with van der Waals surface area (Å²) in [7, 11) is -4.45. The number of aliphatic hydroxyl groups is 1. The van der Waals surface area contributed by atoms with Gasteiger partial charge in [-0.25, -0.2) is 9.36 Å². The highest BCUT2D eigenvalue weighted by Gasteiger charge is 2.37. The SMILES string of the molecule is Nc1ccn(C[C@@H]2O[C@H](COP(=O)(OCc3ccc([N+](=O)[O-])o3)OCc3ccc([N+](=O)[O-])o3)C[C@@H]2O)c(=O)n1. The maximum atomic E-state index is 13.3. The standard InChI is InChI=1S/C20H22N5O13P/c21-17-5-6-23(20(27)22-17)8-16-15(26)7-14(36-16)11-35-39(32,33-9-12-1-3-18(37-12)24(28)29)34-10-13-2-4-19(38-13)25(30)31/h1-6,14-16,26H,7-11H2,(H2,21,22,27)/t14-,15-,16-/m0/s1. The number of nitro groups is 2. The minimum Gasteiger partial charge on any atom is -0.403 e. The first-order chi connectivity index (χ1) is 18.5. The van der Waals surface area contributed by atoms with Gasteiger partial charge < -0.3 is 24.4 Å². The molecule has 0 saturated carbocycles. The lowest BCUT2D eigenvalue weighted by Gasteiger charge is -2.19. The molecule has 3 atom stereocenters. The quantitative estimate of drug-likeness (QED) is 0.169. The first-order valence-electron chi connectivity index (χ1n) is 11.2. The number of ether oxygens (including phenoxy) is 1. The van der Waals surface area contributed by atoms with Gasteiger partial charge in [0.05, 0.1) is 37.5 Å². The molecule has 0 unspecified atom stereocenters. The number of furan rings is 2. The Morgan fingerprint density at radius 2 is 1.64 bits per heavy atom. The number of rotatable bonds is 13. The van der Waals surface area contributed by atoms with Crippen molar-refractivity contribution in [2.24, 2.45) is 0 Å². The number of hydrogen-bond acceptors (Lipinski definition) is 15. The zero-order valence-corrected chi connectivity index (χ0v) is 20.8. The van der Waals surface area contributed by atoms with Crippen molar-refractivity contribution in [1.29, 1.82) is 0 Å². The van der Waals surface area contributed by atoms with E-state index in [1.807, 2.05) is 0 Å². The summed E-state index contributed by atoms with van der Waals surface area (Å²) in [5.41, 5.74) is 4.84. The molecular weight excluding hydrogens is 549 g/mol. The van der Waals surface area contributed by atoms with Crippen molar-refractivity contribution in [3.63, 3.8) is 0 Å². The number of nitrogen functional groups attached to an aromatic ring is 1. The van der Waals surface area contributed by atoms with E-state index in [1.54, 1.807) is 0 Å². The van der Waals surface area contributed by atoms with Gasteiger partial charge in [0, 0.05) is 12.6 Å². The Bertz CT molecular complexity index is 1370. The Labute approximate surface area is 217 Å². The van der Waals surface area contributed by atoms with E-state index in [1.165, 1.54) is 29.0 Å². The fraction of sp³-hybridized carbons (Fsp3) is 0.400. The monoisotopic (exact) mass is 571 g/mol. The summed E-state index contributed by atoms with van der Waals surface area (Å²) in [6.45, 7) is -1.53. The average molecular weight is 571 g/mol. The summed E-state index contributed by atoms with van der Waals surface area (Å²) in [5.74, 6) is -1.21. The Morgan fingerprint density at radius 1 is 1.05 bits per heavy atom. The average Bonchev–Trinajstić information content (AvgIpc) is 3.63. The van der Waals surface area contributed by atoms with Crippen molar-refractivity contribution in [1.82, 2.24) is 9.55 Å². The van der Waals surface area contributed by atoms with Crippen LogP contribution in [0, 0.1) is 20.2 Å². The van der Waals surface area contributed by atoms with Crippen LogP contribution in [0.3, 0.4) is 0 Å². The van der Waals surface area contributed by atoms with Crippen LogP contribution in [0.15, 0.2) is 50.2 Å². The largest absolute Gasteiger partial charge is 0.475 e. The molecule has 3 aromatic heterocycles. The summed E-state index contributed by atoms with van der Waals surface area (Å²) in [6, 6.07) is 6.02.